The van der Waals surface area contributed by atoms with Gasteiger partial charge in [-0.15, -0.1) is 0 Å². The summed E-state index contributed by atoms with van der Waals surface area (Å²) in [5.74, 6) is -0.262. The zero-order valence-electron chi connectivity index (χ0n) is 22.4. The monoisotopic (exact) mass is 548 g/mol. The topological polar surface area (TPSA) is 124 Å². The van der Waals surface area contributed by atoms with Gasteiger partial charge in [0.25, 0.3) is 10.0 Å². The third-order valence-corrected chi connectivity index (χ3v) is 8.41. The van der Waals surface area contributed by atoms with Crippen molar-refractivity contribution < 1.29 is 13.2 Å². The summed E-state index contributed by atoms with van der Waals surface area (Å²) in [6.07, 6.45) is 4.29. The first-order valence-electron chi connectivity index (χ1n) is 12.9. The Hall–Kier alpha value is -4.12. The Balaban J connectivity index is 1.53. The average molecular weight is 549 g/mol. The fraction of sp³-hybridized carbons (Fsp3) is 0.321. The molecule has 10 nitrogen and oxygen atoms in total. The molecule has 5 rings (SSSR count). The minimum atomic E-state index is -4.10. The van der Waals surface area contributed by atoms with Crippen LogP contribution in [-0.4, -0.2) is 38.0 Å². The highest BCUT2D eigenvalue weighted by Crippen LogP contribution is 2.28. The summed E-state index contributed by atoms with van der Waals surface area (Å²) in [7, 11) is -2.11. The first kappa shape index (κ1) is 26.5. The highest BCUT2D eigenvalue weighted by Gasteiger charge is 2.26. The molecule has 0 aliphatic rings. The van der Waals surface area contributed by atoms with E-state index in [0.717, 1.165) is 27.5 Å². The third kappa shape index (κ3) is 4.89. The van der Waals surface area contributed by atoms with E-state index in [-0.39, 0.29) is 17.1 Å². The van der Waals surface area contributed by atoms with Crippen LogP contribution < -0.4 is 10.4 Å². The van der Waals surface area contributed by atoms with Crippen LogP contribution in [0.4, 0.5) is 0 Å². The van der Waals surface area contributed by atoms with Crippen LogP contribution in [0, 0.1) is 13.8 Å². The van der Waals surface area contributed by atoms with Crippen LogP contribution in [0.3, 0.4) is 0 Å². The Morgan fingerprint density at radius 3 is 2.49 bits per heavy atom. The van der Waals surface area contributed by atoms with Gasteiger partial charge in [-0.25, -0.2) is 14.5 Å². The quantitative estimate of drug-likeness (QED) is 0.289. The summed E-state index contributed by atoms with van der Waals surface area (Å²) >= 11 is 0. The summed E-state index contributed by atoms with van der Waals surface area (Å²) in [4.78, 5) is 33.5. The maximum Gasteiger partial charge on any atom is 0.329 e. The van der Waals surface area contributed by atoms with Gasteiger partial charge in [0.05, 0.1) is 23.8 Å². The summed E-state index contributed by atoms with van der Waals surface area (Å²) in [5.41, 5.74) is 4.49. The molecule has 0 aliphatic carbocycles. The van der Waals surface area contributed by atoms with Crippen LogP contribution >= 0.6 is 0 Å². The van der Waals surface area contributed by atoms with Gasteiger partial charge in [-0.05, 0) is 49.6 Å². The van der Waals surface area contributed by atoms with Crippen molar-refractivity contribution >= 4 is 37.9 Å². The number of nitrogens with zero attached hydrogens (tertiary/aromatic N) is 4. The summed E-state index contributed by atoms with van der Waals surface area (Å²) < 4.78 is 32.9. The number of imidazole rings is 2. The van der Waals surface area contributed by atoms with E-state index in [0.29, 0.717) is 30.7 Å². The van der Waals surface area contributed by atoms with Crippen molar-refractivity contribution in [3.8, 4) is 0 Å². The van der Waals surface area contributed by atoms with Gasteiger partial charge in [0.15, 0.2) is 5.03 Å². The fourth-order valence-corrected chi connectivity index (χ4v) is 6.38. The van der Waals surface area contributed by atoms with Crippen molar-refractivity contribution in [1.82, 2.24) is 28.4 Å². The molecule has 0 bridgehead atoms. The number of para-hydroxylation sites is 2. The second kappa shape index (κ2) is 10.2. The number of aromatic amines is 1. The Bertz CT molecular complexity index is 1860. The van der Waals surface area contributed by atoms with Gasteiger partial charge in [-0.1, -0.05) is 37.6 Å². The van der Waals surface area contributed by atoms with Crippen molar-refractivity contribution in [3.05, 3.63) is 82.3 Å². The smallest absolute Gasteiger partial charge is 0.329 e. The lowest BCUT2D eigenvalue weighted by molar-refractivity contribution is -0.120. The molecule has 0 radical (unpaired) electrons. The van der Waals surface area contributed by atoms with E-state index in [1.54, 1.807) is 16.1 Å². The predicted octanol–water partition coefficient (Wildman–Crippen LogP) is 3.92. The van der Waals surface area contributed by atoms with E-state index in [9.17, 15) is 18.0 Å². The number of nitrogens with one attached hydrogen (secondary N) is 2. The van der Waals surface area contributed by atoms with Gasteiger partial charge in [-0.3, -0.25) is 13.9 Å². The lowest BCUT2D eigenvalue weighted by Crippen LogP contribution is -2.35. The molecular weight excluding hydrogens is 516 g/mol. The summed E-state index contributed by atoms with van der Waals surface area (Å²) in [6.45, 7) is 6.03. The first-order chi connectivity index (χ1) is 18.6. The second-order valence-electron chi connectivity index (χ2n) is 9.97. The van der Waals surface area contributed by atoms with E-state index < -0.39 is 22.0 Å². The SMILES string of the molecule is CCC[C@@H](CC(=O)NS(=O)(=O)c1cnc(C)[nH]1)n1c(=O)n(Cc2cn(C)c3cccc(C)c23)c2ccccc21. The predicted molar refractivity (Wildman–Crippen MR) is 150 cm³/mol. The molecule has 5 aromatic rings. The zero-order valence-corrected chi connectivity index (χ0v) is 23.2. The number of rotatable bonds is 9. The molecule has 1 amide bonds. The van der Waals surface area contributed by atoms with Crippen molar-refractivity contribution in [2.45, 2.75) is 57.6 Å². The van der Waals surface area contributed by atoms with Gasteiger partial charge in [-0.2, -0.15) is 8.42 Å². The number of carbonyl (C=O) groups is 1. The van der Waals surface area contributed by atoms with Crippen LogP contribution in [-0.2, 0) is 28.4 Å². The molecule has 39 heavy (non-hydrogen) atoms. The largest absolute Gasteiger partial charge is 0.350 e. The Morgan fingerprint density at radius 2 is 1.79 bits per heavy atom. The molecule has 0 fully saturated rings. The van der Waals surface area contributed by atoms with Gasteiger partial charge in [0.2, 0.25) is 5.91 Å². The van der Waals surface area contributed by atoms with E-state index in [1.165, 1.54) is 6.20 Å². The molecular formula is C28H32N6O4S. The Morgan fingerprint density at radius 1 is 1.08 bits per heavy atom. The number of sulfonamides is 1. The Kier molecular flexibility index (Phi) is 6.94. The van der Waals surface area contributed by atoms with Gasteiger partial charge in [0, 0.05) is 36.6 Å². The number of hydrogen-bond donors (Lipinski definition) is 2. The van der Waals surface area contributed by atoms with E-state index in [1.807, 2.05) is 44.3 Å². The molecule has 3 aromatic heterocycles. The lowest BCUT2D eigenvalue weighted by atomic mass is 10.1. The highest BCUT2D eigenvalue weighted by molar-refractivity contribution is 7.90. The summed E-state index contributed by atoms with van der Waals surface area (Å²) in [5, 5.41) is 0.937. The first-order valence-corrected chi connectivity index (χ1v) is 14.4. The number of amides is 1. The van der Waals surface area contributed by atoms with Crippen LogP contribution in [0.15, 0.2) is 64.7 Å². The van der Waals surface area contributed by atoms with E-state index in [2.05, 4.69) is 44.5 Å². The second-order valence-corrected chi connectivity index (χ2v) is 11.6. The lowest BCUT2D eigenvalue weighted by Gasteiger charge is -2.18. The minimum Gasteiger partial charge on any atom is -0.350 e. The maximum absolute atomic E-state index is 14.0. The number of carbonyl (C=O) groups excluding carboxylic acids is 1. The molecule has 0 saturated carbocycles. The fourth-order valence-electron chi connectivity index (χ4n) is 5.41. The molecule has 0 unspecified atom stereocenters. The van der Waals surface area contributed by atoms with Gasteiger partial charge in [0.1, 0.15) is 5.82 Å². The average Bonchev–Trinajstić information content (AvgIpc) is 3.54. The van der Waals surface area contributed by atoms with E-state index >= 15 is 0 Å². The van der Waals surface area contributed by atoms with Crippen molar-refractivity contribution in [2.75, 3.05) is 0 Å². The molecule has 2 aromatic carbocycles. The molecule has 2 N–H and O–H groups in total. The molecule has 1 atom stereocenters. The number of fused-ring (bicyclic) bond motifs is 2. The summed E-state index contributed by atoms with van der Waals surface area (Å²) in [6, 6.07) is 13.1. The molecule has 0 aliphatic heterocycles. The normalized spacial score (nSPS) is 12.8. The molecule has 0 spiro atoms. The zero-order chi connectivity index (χ0) is 27.9. The number of aryl methyl sites for hydroxylation is 3. The van der Waals surface area contributed by atoms with Gasteiger partial charge >= 0.3 is 5.69 Å². The molecule has 204 valence electrons. The maximum atomic E-state index is 14.0. The number of benzene rings is 2. The minimum absolute atomic E-state index is 0.165. The highest BCUT2D eigenvalue weighted by atomic mass is 32.2. The molecule has 0 saturated heterocycles. The van der Waals surface area contributed by atoms with Crippen molar-refractivity contribution in [3.63, 3.8) is 0 Å². The van der Waals surface area contributed by atoms with Crippen LogP contribution in [0.1, 0.15) is 49.2 Å². The Labute approximate surface area is 226 Å². The van der Waals surface area contributed by atoms with Crippen molar-refractivity contribution in [2.24, 2.45) is 7.05 Å². The number of aromatic nitrogens is 5. The molecule has 11 heteroatoms. The molecule has 3 heterocycles. The number of hydrogen-bond acceptors (Lipinski definition) is 5. The third-order valence-electron chi connectivity index (χ3n) is 7.12. The van der Waals surface area contributed by atoms with Crippen LogP contribution in [0.5, 0.6) is 0 Å². The van der Waals surface area contributed by atoms with Crippen LogP contribution in [0.2, 0.25) is 0 Å². The van der Waals surface area contributed by atoms with Crippen LogP contribution in [0.25, 0.3) is 21.9 Å². The van der Waals surface area contributed by atoms with E-state index in [4.69, 9.17) is 0 Å². The number of H-pyrrole nitrogens is 1. The van der Waals surface area contributed by atoms with Crippen molar-refractivity contribution in [1.29, 1.82) is 0 Å². The van der Waals surface area contributed by atoms with Gasteiger partial charge < -0.3 is 9.55 Å². The standard InChI is InChI=1S/C28H32N6O4S/c1-5-9-21(14-25(35)31-39(37,38)26-15-29-19(3)30-26)34-23-12-7-6-11-22(23)33(28(34)36)17-20-16-32(4)24-13-8-10-18(2)27(20)24/h6-8,10-13,15-16,21H,5,9,14,17H2,1-4H3,(H,29,30)(H,31,35)/t21-/m0/s1.